The van der Waals surface area contributed by atoms with E-state index in [1.54, 1.807) is 20.8 Å². The van der Waals surface area contributed by atoms with Gasteiger partial charge < -0.3 is 24.8 Å². The van der Waals surface area contributed by atoms with Crippen LogP contribution in [0.1, 0.15) is 20.8 Å². The Kier molecular flexibility index (Phi) is 3.44. The van der Waals surface area contributed by atoms with Gasteiger partial charge in [-0.15, -0.1) is 0 Å². The minimum atomic E-state index is -1.36. The lowest BCUT2D eigenvalue weighted by Gasteiger charge is -2.20. The van der Waals surface area contributed by atoms with Gasteiger partial charge in [0.2, 0.25) is 5.76 Å². The molecule has 0 amide bonds. The Morgan fingerprint density at radius 3 is 2.50 bits per heavy atom. The molecule has 1 aliphatic rings. The molecule has 16 heavy (non-hydrogen) atoms. The van der Waals surface area contributed by atoms with E-state index >= 15 is 0 Å². The zero-order chi connectivity index (χ0) is 12.5. The lowest BCUT2D eigenvalue weighted by Crippen LogP contribution is -2.31. The van der Waals surface area contributed by atoms with Gasteiger partial charge in [0.25, 0.3) is 0 Å². The van der Waals surface area contributed by atoms with Crippen molar-refractivity contribution in [1.82, 2.24) is 0 Å². The number of hydrogen-bond acceptors (Lipinski definition) is 6. The topological polar surface area (TPSA) is 96.2 Å². The van der Waals surface area contributed by atoms with Crippen LogP contribution in [0.3, 0.4) is 0 Å². The molecule has 0 bridgehead atoms. The van der Waals surface area contributed by atoms with Crippen molar-refractivity contribution in [2.45, 2.75) is 38.6 Å². The van der Waals surface area contributed by atoms with Crippen LogP contribution in [-0.4, -0.2) is 45.7 Å². The Morgan fingerprint density at radius 2 is 2.06 bits per heavy atom. The average Bonchev–Trinajstić information content (AvgIpc) is 2.42. The summed E-state index contributed by atoms with van der Waals surface area (Å²) in [6.45, 7) is 4.49. The molecule has 2 atom stereocenters. The second-order valence-corrected chi connectivity index (χ2v) is 4.50. The third-order valence-electron chi connectivity index (χ3n) is 1.87. The van der Waals surface area contributed by atoms with Crippen LogP contribution in [0.5, 0.6) is 0 Å². The van der Waals surface area contributed by atoms with Crippen molar-refractivity contribution in [3.05, 3.63) is 11.5 Å². The van der Waals surface area contributed by atoms with E-state index in [0.29, 0.717) is 0 Å². The van der Waals surface area contributed by atoms with E-state index < -0.39 is 36.1 Å². The van der Waals surface area contributed by atoms with Crippen molar-refractivity contribution >= 4 is 5.97 Å². The first-order valence-corrected chi connectivity index (χ1v) is 4.88. The first-order valence-electron chi connectivity index (χ1n) is 4.88. The van der Waals surface area contributed by atoms with Crippen molar-refractivity contribution in [2.24, 2.45) is 0 Å². The fraction of sp³-hybridized carbons (Fsp3) is 0.700. The first kappa shape index (κ1) is 12.8. The van der Waals surface area contributed by atoms with Crippen molar-refractivity contribution < 1.29 is 29.6 Å². The highest BCUT2D eigenvalue weighted by Gasteiger charge is 2.41. The fourth-order valence-electron chi connectivity index (χ4n) is 1.22. The fourth-order valence-corrected chi connectivity index (χ4v) is 1.22. The molecule has 0 aromatic rings. The number of rotatable bonds is 3. The van der Waals surface area contributed by atoms with Gasteiger partial charge in [0.05, 0.1) is 6.61 Å². The molecular formula is C10H16O6. The van der Waals surface area contributed by atoms with E-state index in [9.17, 15) is 15.0 Å². The van der Waals surface area contributed by atoms with Crippen LogP contribution < -0.4 is 0 Å². The van der Waals surface area contributed by atoms with Crippen LogP contribution in [0.25, 0.3) is 0 Å². The molecule has 6 nitrogen and oxygen atoms in total. The standard InChI is InChI=1S/C10H16O6/c1-10(2,3)16-8-6(13)7(5(12)4-11)15-9(8)14/h5,7,11-13H,4H2,1-3H3/t5-,7+/m0/s1. The van der Waals surface area contributed by atoms with Gasteiger partial charge >= 0.3 is 5.97 Å². The number of aliphatic hydroxyl groups excluding tert-OH is 3. The van der Waals surface area contributed by atoms with E-state index in [1.165, 1.54) is 0 Å². The molecule has 1 aliphatic heterocycles. The largest absolute Gasteiger partial charge is 0.505 e. The predicted octanol–water partition coefficient (Wildman–Crippen LogP) is -0.150. The smallest absolute Gasteiger partial charge is 0.378 e. The monoisotopic (exact) mass is 232 g/mol. The number of esters is 1. The average molecular weight is 232 g/mol. The molecule has 1 heterocycles. The number of cyclic esters (lactones) is 1. The molecule has 1 rings (SSSR count). The molecule has 0 aromatic heterocycles. The molecule has 0 unspecified atom stereocenters. The van der Waals surface area contributed by atoms with E-state index in [4.69, 9.17) is 9.84 Å². The van der Waals surface area contributed by atoms with Crippen LogP contribution in [0, 0.1) is 0 Å². The molecule has 0 saturated carbocycles. The summed E-state index contributed by atoms with van der Waals surface area (Å²) in [5, 5.41) is 27.6. The van der Waals surface area contributed by atoms with Gasteiger partial charge in [-0.3, -0.25) is 0 Å². The summed E-state index contributed by atoms with van der Waals surface area (Å²) < 4.78 is 9.90. The van der Waals surface area contributed by atoms with Gasteiger partial charge in [0.15, 0.2) is 11.9 Å². The third-order valence-corrected chi connectivity index (χ3v) is 1.87. The van der Waals surface area contributed by atoms with Crippen molar-refractivity contribution in [3.8, 4) is 0 Å². The summed E-state index contributed by atoms with van der Waals surface area (Å²) in [7, 11) is 0. The lowest BCUT2D eigenvalue weighted by atomic mass is 10.1. The molecule has 0 aliphatic carbocycles. The van der Waals surface area contributed by atoms with Crippen LogP contribution in [-0.2, 0) is 14.3 Å². The summed E-state index contributed by atoms with van der Waals surface area (Å²) in [5.74, 6) is -1.64. The second-order valence-electron chi connectivity index (χ2n) is 4.50. The maximum atomic E-state index is 11.3. The SMILES string of the molecule is CC(C)(C)OC1=C(O)[C@@H]([C@@H](O)CO)OC1=O. The molecule has 0 saturated heterocycles. The zero-order valence-electron chi connectivity index (χ0n) is 9.43. The minimum absolute atomic E-state index is 0.315. The van der Waals surface area contributed by atoms with Gasteiger partial charge in [-0.25, -0.2) is 4.79 Å². The first-order chi connectivity index (χ1) is 7.26. The minimum Gasteiger partial charge on any atom is -0.505 e. The molecule has 3 N–H and O–H groups in total. The van der Waals surface area contributed by atoms with Gasteiger partial charge in [0.1, 0.15) is 11.7 Å². The maximum Gasteiger partial charge on any atom is 0.378 e. The second kappa shape index (κ2) is 4.31. The van der Waals surface area contributed by atoms with Crippen LogP contribution in [0.15, 0.2) is 11.5 Å². The van der Waals surface area contributed by atoms with Gasteiger partial charge in [-0.1, -0.05) is 0 Å². The highest BCUT2D eigenvalue weighted by Crippen LogP contribution is 2.27. The Morgan fingerprint density at radius 1 is 1.50 bits per heavy atom. The quantitative estimate of drug-likeness (QED) is 0.585. The zero-order valence-corrected chi connectivity index (χ0v) is 9.43. The van der Waals surface area contributed by atoms with Crippen molar-refractivity contribution in [2.75, 3.05) is 6.61 Å². The molecule has 92 valence electrons. The summed E-state index contributed by atoms with van der Waals surface area (Å²) >= 11 is 0. The number of aliphatic hydroxyl groups is 3. The van der Waals surface area contributed by atoms with E-state index in [-0.39, 0.29) is 5.76 Å². The molecule has 0 radical (unpaired) electrons. The maximum absolute atomic E-state index is 11.3. The highest BCUT2D eigenvalue weighted by atomic mass is 16.6. The Balaban J connectivity index is 2.89. The molecule has 6 heteroatoms. The Labute approximate surface area is 93.1 Å². The van der Waals surface area contributed by atoms with Gasteiger partial charge in [0, 0.05) is 0 Å². The van der Waals surface area contributed by atoms with Crippen molar-refractivity contribution in [1.29, 1.82) is 0 Å². The summed E-state index contributed by atoms with van der Waals surface area (Å²) in [5.41, 5.74) is -0.665. The Bertz CT molecular complexity index is 314. The summed E-state index contributed by atoms with van der Waals surface area (Å²) in [6, 6.07) is 0. The highest BCUT2D eigenvalue weighted by molar-refractivity contribution is 5.89. The molecule has 0 spiro atoms. The van der Waals surface area contributed by atoms with Crippen LogP contribution >= 0.6 is 0 Å². The summed E-state index contributed by atoms with van der Waals surface area (Å²) in [6.07, 6.45) is -2.61. The van der Waals surface area contributed by atoms with Gasteiger partial charge in [-0.05, 0) is 20.8 Å². The molecule has 0 aromatic carbocycles. The van der Waals surface area contributed by atoms with Crippen LogP contribution in [0.4, 0.5) is 0 Å². The number of carbonyl (C=O) groups is 1. The van der Waals surface area contributed by atoms with Crippen molar-refractivity contribution in [3.63, 3.8) is 0 Å². The third kappa shape index (κ3) is 2.65. The van der Waals surface area contributed by atoms with Gasteiger partial charge in [-0.2, -0.15) is 0 Å². The van der Waals surface area contributed by atoms with E-state index in [1.807, 2.05) is 0 Å². The number of carbonyl (C=O) groups excluding carboxylic acids is 1. The Hall–Kier alpha value is -1.27. The number of ether oxygens (including phenoxy) is 2. The predicted molar refractivity (Wildman–Crippen MR) is 53.5 cm³/mol. The normalized spacial score (nSPS) is 23.3. The van der Waals surface area contributed by atoms with E-state index in [2.05, 4.69) is 4.74 Å². The van der Waals surface area contributed by atoms with E-state index in [0.717, 1.165) is 0 Å². The molecule has 0 fully saturated rings. The molecular weight excluding hydrogens is 216 g/mol. The van der Waals surface area contributed by atoms with Crippen LogP contribution in [0.2, 0.25) is 0 Å². The lowest BCUT2D eigenvalue weighted by molar-refractivity contribution is -0.150. The number of hydrogen-bond donors (Lipinski definition) is 3. The summed E-state index contributed by atoms with van der Waals surface area (Å²) in [4.78, 5) is 11.3.